The smallest absolute Gasteiger partial charge is 0.243 e. The zero-order valence-corrected chi connectivity index (χ0v) is 17.1. The molecule has 1 heterocycles. The number of nitrogens with zero attached hydrogens (tertiary/aromatic N) is 2. The second-order valence-corrected chi connectivity index (χ2v) is 9.60. The van der Waals surface area contributed by atoms with Gasteiger partial charge >= 0.3 is 0 Å². The quantitative estimate of drug-likeness (QED) is 0.683. The van der Waals surface area contributed by atoms with Crippen molar-refractivity contribution in [2.45, 2.75) is 44.4 Å². The van der Waals surface area contributed by atoms with Gasteiger partial charge in [-0.25, -0.2) is 8.42 Å². The Labute approximate surface area is 163 Å². The lowest BCUT2D eigenvalue weighted by molar-refractivity contribution is 0.288. The molecule has 1 aliphatic rings. The second-order valence-electron chi connectivity index (χ2n) is 7.66. The van der Waals surface area contributed by atoms with Gasteiger partial charge in [0.25, 0.3) is 0 Å². The van der Waals surface area contributed by atoms with E-state index in [-0.39, 0.29) is 0 Å². The first-order chi connectivity index (χ1) is 12.9. The number of hydrogen-bond donors (Lipinski definition) is 0. The number of piperidine rings is 1. The molecule has 2 aromatic carbocycles. The summed E-state index contributed by atoms with van der Waals surface area (Å²) >= 11 is 0. The van der Waals surface area contributed by atoms with Crippen LogP contribution in [0.2, 0.25) is 0 Å². The van der Waals surface area contributed by atoms with E-state index in [4.69, 9.17) is 0 Å². The van der Waals surface area contributed by atoms with Gasteiger partial charge in [-0.2, -0.15) is 4.31 Å². The third-order valence-corrected chi connectivity index (χ3v) is 7.10. The highest BCUT2D eigenvalue weighted by Gasteiger charge is 2.27. The molecular formula is C22H28N2O2S. The van der Waals surface area contributed by atoms with Crippen molar-refractivity contribution in [3.63, 3.8) is 0 Å². The van der Waals surface area contributed by atoms with Crippen molar-refractivity contribution in [2.24, 2.45) is 10.9 Å². The van der Waals surface area contributed by atoms with Crippen molar-refractivity contribution < 1.29 is 8.42 Å². The van der Waals surface area contributed by atoms with Crippen molar-refractivity contribution in [2.75, 3.05) is 13.1 Å². The first kappa shape index (κ1) is 19.8. The first-order valence-corrected chi connectivity index (χ1v) is 11.0. The van der Waals surface area contributed by atoms with Crippen LogP contribution in [0.5, 0.6) is 0 Å². The van der Waals surface area contributed by atoms with Crippen LogP contribution in [0.1, 0.15) is 50.7 Å². The zero-order valence-electron chi connectivity index (χ0n) is 16.3. The van der Waals surface area contributed by atoms with E-state index in [2.05, 4.69) is 50.0 Å². The molecule has 0 saturated carbocycles. The minimum absolute atomic E-state index is 0.345. The van der Waals surface area contributed by atoms with E-state index in [0.717, 1.165) is 24.1 Å². The molecule has 0 bridgehead atoms. The van der Waals surface area contributed by atoms with Crippen LogP contribution in [0.4, 0.5) is 5.69 Å². The third-order valence-electron chi connectivity index (χ3n) is 5.18. The lowest BCUT2D eigenvalue weighted by Gasteiger charge is -2.29. The van der Waals surface area contributed by atoms with Crippen LogP contribution in [0, 0.1) is 5.92 Å². The molecule has 1 fully saturated rings. The summed E-state index contributed by atoms with van der Waals surface area (Å²) in [5.74, 6) is 1.11. The van der Waals surface area contributed by atoms with E-state index in [1.807, 2.05) is 0 Å². The Balaban J connectivity index is 1.69. The normalized spacial score (nSPS) is 17.0. The molecule has 0 unspecified atom stereocenters. The average molecular weight is 385 g/mol. The molecule has 144 valence electrons. The molecular weight excluding hydrogens is 356 g/mol. The minimum atomic E-state index is -3.40. The Hall–Kier alpha value is -1.98. The van der Waals surface area contributed by atoms with E-state index in [1.165, 1.54) is 5.56 Å². The molecule has 27 heavy (non-hydrogen) atoms. The molecule has 0 aromatic heterocycles. The van der Waals surface area contributed by atoms with Gasteiger partial charge < -0.3 is 0 Å². The molecule has 0 spiro atoms. The van der Waals surface area contributed by atoms with Gasteiger partial charge in [0, 0.05) is 19.3 Å². The molecule has 0 N–H and O–H groups in total. The molecule has 0 amide bonds. The van der Waals surface area contributed by atoms with E-state index >= 15 is 0 Å². The Bertz CT molecular complexity index is 877. The number of hydrogen-bond acceptors (Lipinski definition) is 3. The van der Waals surface area contributed by atoms with Gasteiger partial charge in [-0.1, -0.05) is 45.0 Å². The molecule has 0 radical (unpaired) electrons. The van der Waals surface area contributed by atoms with Gasteiger partial charge in [-0.15, -0.1) is 0 Å². The summed E-state index contributed by atoms with van der Waals surface area (Å²) in [5, 5.41) is 0. The van der Waals surface area contributed by atoms with Gasteiger partial charge in [-0.3, -0.25) is 4.99 Å². The number of aliphatic imine (C=N–C) groups is 1. The minimum Gasteiger partial charge on any atom is -0.256 e. The lowest BCUT2D eigenvalue weighted by Crippen LogP contribution is -2.37. The van der Waals surface area contributed by atoms with E-state index in [9.17, 15) is 8.42 Å². The van der Waals surface area contributed by atoms with Crippen LogP contribution < -0.4 is 0 Å². The van der Waals surface area contributed by atoms with Gasteiger partial charge in [0.15, 0.2) is 0 Å². The molecule has 0 aliphatic carbocycles. The predicted molar refractivity (Wildman–Crippen MR) is 111 cm³/mol. The fraction of sp³-hybridized carbons (Fsp3) is 0.409. The Morgan fingerprint density at radius 1 is 1.00 bits per heavy atom. The molecule has 2 aromatic rings. The standard InChI is InChI=1S/C22H28N2O2S/c1-17(2)20-6-4-19(5-7-20)16-23-21-8-10-22(11-9-21)27(25,26)24-14-12-18(3)13-15-24/h4-11,16-18H,12-15H2,1-3H3. The summed E-state index contributed by atoms with van der Waals surface area (Å²) in [6.45, 7) is 7.73. The van der Waals surface area contributed by atoms with Crippen LogP contribution in [0.25, 0.3) is 0 Å². The van der Waals surface area contributed by atoms with Gasteiger partial charge in [0.05, 0.1) is 10.6 Å². The maximum atomic E-state index is 12.8. The van der Waals surface area contributed by atoms with E-state index < -0.39 is 10.0 Å². The highest BCUT2D eigenvalue weighted by Crippen LogP contribution is 2.25. The Morgan fingerprint density at radius 3 is 2.15 bits per heavy atom. The summed E-state index contributed by atoms with van der Waals surface area (Å²) in [5.41, 5.74) is 3.07. The number of benzene rings is 2. The number of sulfonamides is 1. The zero-order chi connectivity index (χ0) is 19.4. The van der Waals surface area contributed by atoms with Crippen molar-refractivity contribution >= 4 is 21.9 Å². The Morgan fingerprint density at radius 2 is 1.59 bits per heavy atom. The molecule has 1 saturated heterocycles. The summed E-state index contributed by atoms with van der Waals surface area (Å²) in [4.78, 5) is 4.81. The van der Waals surface area contributed by atoms with Crippen molar-refractivity contribution in [3.8, 4) is 0 Å². The van der Waals surface area contributed by atoms with Gasteiger partial charge in [-0.05, 0) is 60.1 Å². The SMILES string of the molecule is CC1CCN(S(=O)(=O)c2ccc(N=Cc3ccc(C(C)C)cc3)cc2)CC1. The second kappa shape index (κ2) is 8.36. The largest absolute Gasteiger partial charge is 0.256 e. The van der Waals surface area contributed by atoms with Crippen LogP contribution in [0.15, 0.2) is 58.4 Å². The topological polar surface area (TPSA) is 49.7 Å². The highest BCUT2D eigenvalue weighted by atomic mass is 32.2. The van der Waals surface area contributed by atoms with E-state index in [1.54, 1.807) is 34.8 Å². The van der Waals surface area contributed by atoms with Crippen molar-refractivity contribution in [1.82, 2.24) is 4.31 Å². The average Bonchev–Trinajstić information content (AvgIpc) is 2.67. The summed E-state index contributed by atoms with van der Waals surface area (Å²) in [7, 11) is -3.40. The molecule has 4 nitrogen and oxygen atoms in total. The summed E-state index contributed by atoms with van der Waals surface area (Å²) in [6, 6.07) is 15.2. The maximum absolute atomic E-state index is 12.8. The van der Waals surface area contributed by atoms with Crippen LogP contribution in [-0.2, 0) is 10.0 Å². The fourth-order valence-electron chi connectivity index (χ4n) is 3.19. The molecule has 5 heteroatoms. The predicted octanol–water partition coefficient (Wildman–Crippen LogP) is 4.98. The fourth-order valence-corrected chi connectivity index (χ4v) is 4.66. The summed E-state index contributed by atoms with van der Waals surface area (Å²) in [6.07, 6.45) is 3.66. The molecule has 1 aliphatic heterocycles. The third kappa shape index (κ3) is 4.85. The maximum Gasteiger partial charge on any atom is 0.243 e. The van der Waals surface area contributed by atoms with Crippen molar-refractivity contribution in [1.29, 1.82) is 0 Å². The van der Waals surface area contributed by atoms with Crippen LogP contribution >= 0.6 is 0 Å². The monoisotopic (exact) mass is 384 g/mol. The molecule has 3 rings (SSSR count). The summed E-state index contributed by atoms with van der Waals surface area (Å²) < 4.78 is 27.1. The van der Waals surface area contributed by atoms with E-state index in [0.29, 0.717) is 29.8 Å². The van der Waals surface area contributed by atoms with Crippen LogP contribution in [0.3, 0.4) is 0 Å². The van der Waals surface area contributed by atoms with Crippen LogP contribution in [-0.4, -0.2) is 32.0 Å². The number of rotatable bonds is 5. The first-order valence-electron chi connectivity index (χ1n) is 9.60. The highest BCUT2D eigenvalue weighted by molar-refractivity contribution is 7.89. The van der Waals surface area contributed by atoms with Crippen molar-refractivity contribution in [3.05, 3.63) is 59.7 Å². The van der Waals surface area contributed by atoms with Gasteiger partial charge in [0.1, 0.15) is 0 Å². The lowest BCUT2D eigenvalue weighted by atomic mass is 10.0. The Kier molecular flexibility index (Phi) is 6.12. The van der Waals surface area contributed by atoms with Gasteiger partial charge in [0.2, 0.25) is 10.0 Å². The molecule has 0 atom stereocenters.